The van der Waals surface area contributed by atoms with Crippen LogP contribution in [0.5, 0.6) is 0 Å². The summed E-state index contributed by atoms with van der Waals surface area (Å²) in [6.07, 6.45) is 2.29. The Morgan fingerprint density at radius 3 is 2.76 bits per heavy atom. The van der Waals surface area contributed by atoms with Gasteiger partial charge in [-0.15, -0.1) is 10.2 Å². The van der Waals surface area contributed by atoms with Crippen LogP contribution >= 0.6 is 0 Å². The molecule has 0 atom stereocenters. The van der Waals surface area contributed by atoms with Gasteiger partial charge in [0.2, 0.25) is 5.91 Å². The third-order valence-electron chi connectivity index (χ3n) is 3.85. The minimum Gasteiger partial charge on any atom is -0.333 e. The molecule has 2 heterocycles. The molecule has 1 aliphatic rings. The normalized spacial score (nSPS) is 14.0. The molecule has 0 spiro atoms. The van der Waals surface area contributed by atoms with Gasteiger partial charge in [0.1, 0.15) is 5.82 Å². The second-order valence-electron chi connectivity index (χ2n) is 5.41. The van der Waals surface area contributed by atoms with Crippen LogP contribution in [0.25, 0.3) is 0 Å². The summed E-state index contributed by atoms with van der Waals surface area (Å²) in [5, 5.41) is 8.57. The maximum Gasteiger partial charge on any atom is 0.223 e. The van der Waals surface area contributed by atoms with E-state index in [0.717, 1.165) is 37.6 Å². The number of aromatic nitrogens is 3. The topological polar surface area (TPSA) is 51.0 Å². The highest BCUT2D eigenvalue weighted by molar-refractivity contribution is 5.76. The Labute approximate surface area is 124 Å². The lowest BCUT2D eigenvalue weighted by Crippen LogP contribution is -2.38. The second-order valence-corrected chi connectivity index (χ2v) is 5.41. The lowest BCUT2D eigenvalue weighted by Gasteiger charge is -2.27. The molecule has 2 aromatic rings. The number of rotatable bonds is 4. The molecule has 1 amide bonds. The van der Waals surface area contributed by atoms with Crippen LogP contribution in [0.4, 0.5) is 0 Å². The fourth-order valence-electron chi connectivity index (χ4n) is 2.71. The van der Waals surface area contributed by atoms with E-state index in [1.54, 1.807) is 0 Å². The Bertz CT molecular complexity index is 620. The first-order chi connectivity index (χ1) is 10.3. The molecule has 0 radical (unpaired) electrons. The number of hydrogen-bond acceptors (Lipinski definition) is 3. The minimum atomic E-state index is 0.219. The van der Waals surface area contributed by atoms with Gasteiger partial charge in [-0.3, -0.25) is 4.79 Å². The largest absolute Gasteiger partial charge is 0.333 e. The highest BCUT2D eigenvalue weighted by Crippen LogP contribution is 2.16. The van der Waals surface area contributed by atoms with Crippen LogP contribution < -0.4 is 0 Å². The molecule has 1 aromatic carbocycles. The zero-order valence-corrected chi connectivity index (χ0v) is 12.3. The van der Waals surface area contributed by atoms with Gasteiger partial charge in [-0.25, -0.2) is 0 Å². The van der Waals surface area contributed by atoms with Gasteiger partial charge >= 0.3 is 0 Å². The van der Waals surface area contributed by atoms with Crippen molar-refractivity contribution < 1.29 is 4.79 Å². The van der Waals surface area contributed by atoms with E-state index in [1.807, 2.05) is 30.0 Å². The fourth-order valence-corrected chi connectivity index (χ4v) is 2.71. The van der Waals surface area contributed by atoms with Crippen molar-refractivity contribution in [1.29, 1.82) is 0 Å². The van der Waals surface area contributed by atoms with E-state index in [-0.39, 0.29) is 5.91 Å². The van der Waals surface area contributed by atoms with Crippen LogP contribution in [0.1, 0.15) is 37.0 Å². The monoisotopic (exact) mass is 284 g/mol. The van der Waals surface area contributed by atoms with Crippen LogP contribution in [-0.2, 0) is 24.3 Å². The molecule has 5 heteroatoms. The van der Waals surface area contributed by atoms with Crippen LogP contribution in [0.15, 0.2) is 30.3 Å². The molecular weight excluding hydrogens is 264 g/mol. The van der Waals surface area contributed by atoms with Crippen molar-refractivity contribution in [3.8, 4) is 0 Å². The van der Waals surface area contributed by atoms with Crippen molar-refractivity contribution in [2.45, 2.75) is 39.3 Å². The summed E-state index contributed by atoms with van der Waals surface area (Å²) in [4.78, 5) is 13.9. The summed E-state index contributed by atoms with van der Waals surface area (Å²) in [6, 6.07) is 10.3. The third kappa shape index (κ3) is 2.96. The molecule has 1 aliphatic heterocycles. The summed E-state index contributed by atoms with van der Waals surface area (Å²) in [5.74, 6) is 2.10. The van der Waals surface area contributed by atoms with Gasteiger partial charge in [-0.2, -0.15) is 0 Å². The van der Waals surface area contributed by atoms with E-state index in [1.165, 1.54) is 5.56 Å². The van der Waals surface area contributed by atoms with Gasteiger partial charge in [0.05, 0.1) is 6.54 Å². The van der Waals surface area contributed by atoms with E-state index < -0.39 is 0 Å². The molecule has 0 bridgehead atoms. The predicted octanol–water partition coefficient (Wildman–Crippen LogP) is 2.01. The highest BCUT2D eigenvalue weighted by atomic mass is 16.2. The zero-order chi connectivity index (χ0) is 14.7. The third-order valence-corrected chi connectivity index (χ3v) is 3.85. The molecule has 3 rings (SSSR count). The molecule has 5 nitrogen and oxygen atoms in total. The van der Waals surface area contributed by atoms with Crippen molar-refractivity contribution in [2.24, 2.45) is 0 Å². The van der Waals surface area contributed by atoms with E-state index in [9.17, 15) is 4.79 Å². The number of carbonyl (C=O) groups excluding carboxylic acids is 1. The second kappa shape index (κ2) is 6.08. The van der Waals surface area contributed by atoms with Gasteiger partial charge in [0.15, 0.2) is 5.82 Å². The average Bonchev–Trinajstić information content (AvgIpc) is 2.91. The van der Waals surface area contributed by atoms with Crippen molar-refractivity contribution >= 4 is 5.91 Å². The molecule has 0 aliphatic carbocycles. The molecule has 0 fully saturated rings. The number of carbonyl (C=O) groups is 1. The summed E-state index contributed by atoms with van der Waals surface area (Å²) in [5.41, 5.74) is 1.23. The van der Waals surface area contributed by atoms with Gasteiger partial charge < -0.3 is 9.47 Å². The Kier molecular flexibility index (Phi) is 3.99. The average molecular weight is 284 g/mol. The molecule has 1 aromatic heterocycles. The highest BCUT2D eigenvalue weighted by Gasteiger charge is 2.23. The lowest BCUT2D eigenvalue weighted by molar-refractivity contribution is -0.132. The first-order valence-electron chi connectivity index (χ1n) is 7.50. The number of hydrogen-bond donors (Lipinski definition) is 0. The quantitative estimate of drug-likeness (QED) is 0.863. The molecule has 0 unspecified atom stereocenters. The van der Waals surface area contributed by atoms with Crippen molar-refractivity contribution in [2.75, 3.05) is 6.54 Å². The molecule has 0 saturated carbocycles. The maximum atomic E-state index is 12.0. The Balaban J connectivity index is 1.73. The standard InChI is InChI=1S/C16H20N4O/c1-2-6-16(21)19-9-10-20-14(17-18-15(20)12-19)11-13-7-4-3-5-8-13/h3-5,7-8H,2,6,9-12H2,1H3. The smallest absolute Gasteiger partial charge is 0.223 e. The molecule has 21 heavy (non-hydrogen) atoms. The van der Waals surface area contributed by atoms with E-state index >= 15 is 0 Å². The first-order valence-corrected chi connectivity index (χ1v) is 7.50. The van der Waals surface area contributed by atoms with Gasteiger partial charge in [0, 0.05) is 25.9 Å². The van der Waals surface area contributed by atoms with E-state index in [4.69, 9.17) is 0 Å². The SMILES string of the molecule is CCCC(=O)N1CCn2c(Cc3ccccc3)nnc2C1. The Hall–Kier alpha value is -2.17. The fraction of sp³-hybridized carbons (Fsp3) is 0.438. The number of amides is 1. The van der Waals surface area contributed by atoms with E-state index in [0.29, 0.717) is 13.0 Å². The lowest BCUT2D eigenvalue weighted by atomic mass is 10.1. The summed E-state index contributed by atoms with van der Waals surface area (Å²) >= 11 is 0. The maximum absolute atomic E-state index is 12.0. The van der Waals surface area contributed by atoms with Gasteiger partial charge in [0.25, 0.3) is 0 Å². The van der Waals surface area contributed by atoms with Crippen molar-refractivity contribution in [3.05, 3.63) is 47.5 Å². The Morgan fingerprint density at radius 2 is 2.00 bits per heavy atom. The summed E-state index contributed by atoms with van der Waals surface area (Å²) in [7, 11) is 0. The molecule has 110 valence electrons. The van der Waals surface area contributed by atoms with Crippen LogP contribution in [0, 0.1) is 0 Å². The minimum absolute atomic E-state index is 0.219. The van der Waals surface area contributed by atoms with E-state index in [2.05, 4.69) is 26.9 Å². The number of nitrogens with zero attached hydrogens (tertiary/aromatic N) is 4. The zero-order valence-electron chi connectivity index (χ0n) is 12.3. The van der Waals surface area contributed by atoms with Crippen LogP contribution in [0.2, 0.25) is 0 Å². The summed E-state index contributed by atoms with van der Waals surface area (Å²) < 4.78 is 2.16. The predicted molar refractivity (Wildman–Crippen MR) is 79.6 cm³/mol. The molecular formula is C16H20N4O. The van der Waals surface area contributed by atoms with Crippen LogP contribution in [-0.4, -0.2) is 32.1 Å². The first kappa shape index (κ1) is 13.8. The number of fused-ring (bicyclic) bond motifs is 1. The summed E-state index contributed by atoms with van der Waals surface area (Å²) in [6.45, 7) is 4.16. The van der Waals surface area contributed by atoms with Gasteiger partial charge in [-0.05, 0) is 12.0 Å². The molecule has 0 saturated heterocycles. The van der Waals surface area contributed by atoms with Crippen LogP contribution in [0.3, 0.4) is 0 Å². The van der Waals surface area contributed by atoms with Gasteiger partial charge in [-0.1, -0.05) is 37.3 Å². The van der Waals surface area contributed by atoms with Crippen molar-refractivity contribution in [3.63, 3.8) is 0 Å². The molecule has 0 N–H and O–H groups in total. The van der Waals surface area contributed by atoms with Crippen molar-refractivity contribution in [1.82, 2.24) is 19.7 Å². The Morgan fingerprint density at radius 1 is 1.19 bits per heavy atom. The number of benzene rings is 1.